The maximum absolute atomic E-state index is 12.0. The zero-order valence-corrected chi connectivity index (χ0v) is 12.7. The summed E-state index contributed by atoms with van der Waals surface area (Å²) in [6.45, 7) is -1.74. The van der Waals surface area contributed by atoms with Gasteiger partial charge in [0.1, 0.15) is 17.1 Å². The van der Waals surface area contributed by atoms with Gasteiger partial charge in [-0.05, 0) is 48.9 Å². The minimum atomic E-state index is -2.95. The third kappa shape index (κ3) is 4.52. The molecular weight excluding hydrogens is 322 g/mol. The van der Waals surface area contributed by atoms with Gasteiger partial charge in [-0.1, -0.05) is 6.07 Å². The van der Waals surface area contributed by atoms with Crippen LogP contribution in [0.5, 0.6) is 11.5 Å². The number of halogens is 2. The van der Waals surface area contributed by atoms with Crippen molar-refractivity contribution in [2.75, 3.05) is 6.61 Å². The van der Waals surface area contributed by atoms with Crippen LogP contribution in [0.4, 0.5) is 8.78 Å². The average Bonchev–Trinajstić information content (AvgIpc) is 2.52. The predicted molar refractivity (Wildman–Crippen MR) is 80.5 cm³/mol. The third-order valence-electron chi connectivity index (χ3n) is 3.11. The van der Waals surface area contributed by atoms with Crippen molar-refractivity contribution >= 4 is 11.8 Å². The molecule has 24 heavy (non-hydrogen) atoms. The highest BCUT2D eigenvalue weighted by Gasteiger charge is 2.15. The maximum Gasteiger partial charge on any atom is 0.387 e. The number of alkyl halides is 2. The van der Waals surface area contributed by atoms with E-state index in [1.807, 2.05) is 0 Å². The number of hydrogen-bond donors (Lipinski definition) is 1. The number of esters is 1. The lowest BCUT2D eigenvalue weighted by molar-refractivity contribution is -0.0498. The first-order valence-corrected chi connectivity index (χ1v) is 6.91. The molecule has 0 saturated carbocycles. The van der Waals surface area contributed by atoms with Gasteiger partial charge in [-0.3, -0.25) is 4.79 Å². The molecule has 0 unspecified atom stereocenters. The van der Waals surface area contributed by atoms with Crippen LogP contribution < -0.4 is 4.74 Å². The van der Waals surface area contributed by atoms with Crippen LogP contribution in [0.1, 0.15) is 26.3 Å². The molecule has 0 aliphatic carbocycles. The van der Waals surface area contributed by atoms with Crippen LogP contribution in [0.15, 0.2) is 42.5 Å². The van der Waals surface area contributed by atoms with Crippen molar-refractivity contribution in [3.63, 3.8) is 0 Å². The molecule has 0 aliphatic heterocycles. The molecule has 5 nitrogen and oxygen atoms in total. The molecule has 2 aromatic carbocycles. The number of hydrogen-bond acceptors (Lipinski definition) is 5. The van der Waals surface area contributed by atoms with Gasteiger partial charge in [0.2, 0.25) is 0 Å². The number of Topliss-reactive ketones (excluding diaryl/α,β-unsaturated/α-hetero) is 1. The Labute approximate surface area is 136 Å². The Bertz CT molecular complexity index is 741. The second-order valence-electron chi connectivity index (χ2n) is 4.92. The topological polar surface area (TPSA) is 72.8 Å². The SMILES string of the molecule is Cc1ccc(C(=O)OCC(=O)c2ccc(OC(F)F)cc2)c(O)c1. The number of phenolic OH excluding ortho intramolecular Hbond substituents is 1. The lowest BCUT2D eigenvalue weighted by Gasteiger charge is -2.07. The zero-order chi connectivity index (χ0) is 17.7. The van der Waals surface area contributed by atoms with Gasteiger partial charge in [0.15, 0.2) is 12.4 Å². The number of aromatic hydroxyl groups is 1. The Morgan fingerprint density at radius 1 is 1.12 bits per heavy atom. The fourth-order valence-electron chi connectivity index (χ4n) is 1.93. The van der Waals surface area contributed by atoms with Gasteiger partial charge >= 0.3 is 12.6 Å². The summed E-state index contributed by atoms with van der Waals surface area (Å²) in [4.78, 5) is 23.8. The van der Waals surface area contributed by atoms with Crippen molar-refractivity contribution < 1.29 is 33.0 Å². The molecular formula is C17H14F2O5. The Kier molecular flexibility index (Phi) is 5.47. The van der Waals surface area contributed by atoms with E-state index in [1.165, 1.54) is 36.4 Å². The smallest absolute Gasteiger partial charge is 0.387 e. The fourth-order valence-corrected chi connectivity index (χ4v) is 1.93. The van der Waals surface area contributed by atoms with E-state index in [1.54, 1.807) is 13.0 Å². The molecule has 2 rings (SSSR count). The van der Waals surface area contributed by atoms with Gasteiger partial charge in [0, 0.05) is 5.56 Å². The molecule has 0 heterocycles. The van der Waals surface area contributed by atoms with Crippen LogP contribution >= 0.6 is 0 Å². The lowest BCUT2D eigenvalue weighted by atomic mass is 10.1. The maximum atomic E-state index is 12.0. The van der Waals surface area contributed by atoms with Crippen LogP contribution in [0.3, 0.4) is 0 Å². The van der Waals surface area contributed by atoms with E-state index in [4.69, 9.17) is 4.74 Å². The van der Waals surface area contributed by atoms with Gasteiger partial charge in [0.05, 0.1) is 0 Å². The number of ketones is 1. The molecule has 0 fully saturated rings. The highest BCUT2D eigenvalue weighted by Crippen LogP contribution is 2.20. The molecule has 126 valence electrons. The summed E-state index contributed by atoms with van der Waals surface area (Å²) >= 11 is 0. The summed E-state index contributed by atoms with van der Waals surface area (Å²) < 4.78 is 33.1. The number of benzene rings is 2. The van der Waals surface area contributed by atoms with E-state index >= 15 is 0 Å². The van der Waals surface area contributed by atoms with Crippen LogP contribution in [-0.2, 0) is 4.74 Å². The first kappa shape index (κ1) is 17.4. The summed E-state index contributed by atoms with van der Waals surface area (Å²) in [5, 5.41) is 9.69. The van der Waals surface area contributed by atoms with E-state index < -0.39 is 25.0 Å². The Hall–Kier alpha value is -2.96. The number of ether oxygens (including phenoxy) is 2. The van der Waals surface area contributed by atoms with Crippen LogP contribution in [-0.4, -0.2) is 30.1 Å². The lowest BCUT2D eigenvalue weighted by Crippen LogP contribution is -2.14. The summed E-state index contributed by atoms with van der Waals surface area (Å²) in [5.41, 5.74) is 0.901. The van der Waals surface area contributed by atoms with E-state index in [2.05, 4.69) is 4.74 Å². The van der Waals surface area contributed by atoms with Crippen molar-refractivity contribution in [2.24, 2.45) is 0 Å². The molecule has 2 aromatic rings. The first-order valence-electron chi connectivity index (χ1n) is 6.91. The number of aryl methyl sites for hydroxylation is 1. The van der Waals surface area contributed by atoms with Crippen molar-refractivity contribution in [3.8, 4) is 11.5 Å². The monoisotopic (exact) mass is 336 g/mol. The number of rotatable bonds is 6. The Morgan fingerprint density at radius 3 is 2.38 bits per heavy atom. The van der Waals surface area contributed by atoms with Crippen molar-refractivity contribution in [3.05, 3.63) is 59.2 Å². The summed E-state index contributed by atoms with van der Waals surface area (Å²) in [6, 6.07) is 9.43. The normalized spacial score (nSPS) is 10.5. The zero-order valence-electron chi connectivity index (χ0n) is 12.7. The molecule has 0 amide bonds. The molecule has 0 radical (unpaired) electrons. The summed E-state index contributed by atoms with van der Waals surface area (Å²) in [7, 11) is 0. The molecule has 0 aliphatic rings. The van der Waals surface area contributed by atoms with Crippen LogP contribution in [0.25, 0.3) is 0 Å². The van der Waals surface area contributed by atoms with Crippen LogP contribution in [0.2, 0.25) is 0 Å². The van der Waals surface area contributed by atoms with Gasteiger partial charge in [-0.15, -0.1) is 0 Å². The van der Waals surface area contributed by atoms with Crippen LogP contribution in [0, 0.1) is 6.92 Å². The van der Waals surface area contributed by atoms with E-state index in [-0.39, 0.29) is 22.6 Å². The molecule has 0 bridgehead atoms. The fraction of sp³-hybridized carbons (Fsp3) is 0.176. The quantitative estimate of drug-likeness (QED) is 0.647. The number of phenols is 1. The molecule has 7 heteroatoms. The second kappa shape index (κ2) is 7.54. The minimum Gasteiger partial charge on any atom is -0.507 e. The minimum absolute atomic E-state index is 0.0471. The summed E-state index contributed by atoms with van der Waals surface area (Å²) in [5.74, 6) is -1.67. The van der Waals surface area contributed by atoms with Crippen molar-refractivity contribution in [1.29, 1.82) is 0 Å². The van der Waals surface area contributed by atoms with Gasteiger partial charge in [0.25, 0.3) is 0 Å². The molecule has 1 N–H and O–H groups in total. The second-order valence-corrected chi connectivity index (χ2v) is 4.92. The van der Waals surface area contributed by atoms with E-state index in [0.29, 0.717) is 0 Å². The third-order valence-corrected chi connectivity index (χ3v) is 3.11. The largest absolute Gasteiger partial charge is 0.507 e. The Morgan fingerprint density at radius 2 is 1.79 bits per heavy atom. The summed E-state index contributed by atoms with van der Waals surface area (Å²) in [6.07, 6.45) is 0. The molecule has 0 spiro atoms. The average molecular weight is 336 g/mol. The molecule has 0 atom stereocenters. The predicted octanol–water partition coefficient (Wildman–Crippen LogP) is 3.34. The molecule has 0 aromatic heterocycles. The van der Waals surface area contributed by atoms with Crippen molar-refractivity contribution in [1.82, 2.24) is 0 Å². The Balaban J connectivity index is 1.96. The van der Waals surface area contributed by atoms with Crippen molar-refractivity contribution in [2.45, 2.75) is 13.5 Å². The van der Waals surface area contributed by atoms with Gasteiger partial charge < -0.3 is 14.6 Å². The standard InChI is InChI=1S/C17H14F2O5/c1-10-2-7-13(14(20)8-10)16(22)23-9-15(21)11-3-5-12(6-4-11)24-17(18)19/h2-8,17,20H,9H2,1H3. The van der Waals surface area contributed by atoms with E-state index in [0.717, 1.165) is 5.56 Å². The van der Waals surface area contributed by atoms with Gasteiger partial charge in [-0.2, -0.15) is 8.78 Å². The number of carbonyl (C=O) groups excluding carboxylic acids is 2. The highest BCUT2D eigenvalue weighted by atomic mass is 19.3. The molecule has 0 saturated heterocycles. The first-order chi connectivity index (χ1) is 11.4. The van der Waals surface area contributed by atoms with Gasteiger partial charge in [-0.25, -0.2) is 4.79 Å². The van der Waals surface area contributed by atoms with E-state index in [9.17, 15) is 23.5 Å². The number of carbonyl (C=O) groups is 2. The highest BCUT2D eigenvalue weighted by molar-refractivity contribution is 6.00.